The maximum Gasteiger partial charge on any atom is 0.225 e. The monoisotopic (exact) mass is 321 g/mol. The summed E-state index contributed by atoms with van der Waals surface area (Å²) in [5.74, 6) is -0.0288. The van der Waals surface area contributed by atoms with Crippen LogP contribution >= 0.6 is 0 Å². The minimum absolute atomic E-state index is 0.0121. The van der Waals surface area contributed by atoms with Crippen molar-refractivity contribution in [2.75, 3.05) is 44.7 Å². The van der Waals surface area contributed by atoms with Crippen molar-refractivity contribution in [2.24, 2.45) is 0 Å². The van der Waals surface area contributed by atoms with Gasteiger partial charge in [0.25, 0.3) is 0 Å². The quantitative estimate of drug-likeness (QED) is 0.657. The molecule has 1 amide bonds. The van der Waals surface area contributed by atoms with Crippen molar-refractivity contribution in [3.8, 4) is 0 Å². The molecule has 0 aromatic heterocycles. The van der Waals surface area contributed by atoms with Crippen molar-refractivity contribution in [3.05, 3.63) is 30.3 Å². The van der Waals surface area contributed by atoms with E-state index in [1.54, 1.807) is 0 Å². The summed E-state index contributed by atoms with van der Waals surface area (Å²) in [5, 5.41) is 16.2. The highest BCUT2D eigenvalue weighted by molar-refractivity contribution is 5.90. The molecule has 6 nitrogen and oxygen atoms in total. The highest BCUT2D eigenvalue weighted by Gasteiger charge is 2.16. The molecule has 1 aliphatic heterocycles. The number of morpholine rings is 1. The third-order valence-electron chi connectivity index (χ3n) is 3.82. The first-order valence-corrected chi connectivity index (χ1v) is 8.20. The number of amides is 1. The van der Waals surface area contributed by atoms with Gasteiger partial charge < -0.3 is 20.5 Å². The summed E-state index contributed by atoms with van der Waals surface area (Å²) in [4.78, 5) is 14.1. The van der Waals surface area contributed by atoms with Gasteiger partial charge in [-0.25, -0.2) is 0 Å². The first kappa shape index (κ1) is 17.9. The molecule has 23 heavy (non-hydrogen) atoms. The summed E-state index contributed by atoms with van der Waals surface area (Å²) < 4.78 is 5.29. The van der Waals surface area contributed by atoms with E-state index in [2.05, 4.69) is 15.5 Å². The number of hydrogen-bond donors (Lipinski definition) is 3. The van der Waals surface area contributed by atoms with Crippen LogP contribution in [-0.4, -0.2) is 67.5 Å². The first-order valence-electron chi connectivity index (χ1n) is 8.20. The third-order valence-corrected chi connectivity index (χ3v) is 3.82. The fourth-order valence-electron chi connectivity index (χ4n) is 2.57. The van der Waals surface area contributed by atoms with Crippen molar-refractivity contribution in [1.82, 2.24) is 10.2 Å². The number of benzene rings is 1. The molecular formula is C17H27N3O3. The van der Waals surface area contributed by atoms with Crippen LogP contribution in [0.2, 0.25) is 0 Å². The molecule has 3 N–H and O–H groups in total. The number of hydrogen-bond acceptors (Lipinski definition) is 5. The normalized spacial score (nSPS) is 18.3. The van der Waals surface area contributed by atoms with E-state index in [4.69, 9.17) is 4.74 Å². The van der Waals surface area contributed by atoms with Gasteiger partial charge in [-0.2, -0.15) is 0 Å². The maximum atomic E-state index is 11.9. The Morgan fingerprint density at radius 2 is 2.00 bits per heavy atom. The topological polar surface area (TPSA) is 73.8 Å². The zero-order chi connectivity index (χ0) is 16.5. The van der Waals surface area contributed by atoms with E-state index in [9.17, 15) is 9.90 Å². The maximum absolute atomic E-state index is 11.9. The second kappa shape index (κ2) is 9.62. The molecule has 1 heterocycles. The molecule has 0 spiro atoms. The van der Waals surface area contributed by atoms with Crippen molar-refractivity contribution in [1.29, 1.82) is 0 Å². The molecule has 0 saturated carbocycles. The number of β-amino-alcohol motifs (C(OH)–C–C–N with tert-alkyl or cyclic N) is 1. The number of ether oxygens (including phenoxy) is 1. The summed E-state index contributed by atoms with van der Waals surface area (Å²) in [5.41, 5.74) is 0.803. The number of carbonyl (C=O) groups excluding carboxylic acids is 1. The van der Waals surface area contributed by atoms with E-state index >= 15 is 0 Å². The van der Waals surface area contributed by atoms with Crippen LogP contribution in [0.25, 0.3) is 0 Å². The van der Waals surface area contributed by atoms with Gasteiger partial charge in [0, 0.05) is 44.3 Å². The third kappa shape index (κ3) is 7.09. The summed E-state index contributed by atoms with van der Waals surface area (Å²) in [7, 11) is 0. The number of nitrogens with one attached hydrogen (secondary N) is 2. The predicted molar refractivity (Wildman–Crippen MR) is 90.4 cm³/mol. The van der Waals surface area contributed by atoms with Crippen LogP contribution < -0.4 is 10.6 Å². The Morgan fingerprint density at radius 1 is 1.30 bits per heavy atom. The van der Waals surface area contributed by atoms with Gasteiger partial charge in [-0.15, -0.1) is 0 Å². The van der Waals surface area contributed by atoms with Crippen LogP contribution in [0.1, 0.15) is 13.3 Å². The zero-order valence-corrected chi connectivity index (χ0v) is 13.7. The van der Waals surface area contributed by atoms with Crippen LogP contribution in [0.4, 0.5) is 5.69 Å². The molecule has 2 unspecified atom stereocenters. The smallest absolute Gasteiger partial charge is 0.225 e. The van der Waals surface area contributed by atoms with Gasteiger partial charge in [0.2, 0.25) is 5.91 Å². The largest absolute Gasteiger partial charge is 0.390 e. The van der Waals surface area contributed by atoms with Crippen LogP contribution in [0.5, 0.6) is 0 Å². The van der Waals surface area contributed by atoms with Crippen LogP contribution in [0.3, 0.4) is 0 Å². The summed E-state index contributed by atoms with van der Waals surface area (Å²) >= 11 is 0. The molecule has 1 fully saturated rings. The SMILES string of the molecule is CC(CC(=O)Nc1ccccc1)NCC(O)CN1CCOCC1. The molecule has 1 aliphatic rings. The number of para-hydroxylation sites is 1. The average Bonchev–Trinajstić information content (AvgIpc) is 2.55. The van der Waals surface area contributed by atoms with Crippen LogP contribution in [0, 0.1) is 0 Å². The minimum atomic E-state index is -0.437. The van der Waals surface area contributed by atoms with E-state index < -0.39 is 6.10 Å². The second-order valence-corrected chi connectivity index (χ2v) is 5.99. The molecule has 1 saturated heterocycles. The number of anilines is 1. The van der Waals surface area contributed by atoms with Gasteiger partial charge in [-0.3, -0.25) is 9.69 Å². The Bertz CT molecular complexity index is 463. The lowest BCUT2D eigenvalue weighted by Crippen LogP contribution is -2.45. The lowest BCUT2D eigenvalue weighted by atomic mass is 10.2. The van der Waals surface area contributed by atoms with Gasteiger partial charge in [0.1, 0.15) is 0 Å². The molecule has 1 aromatic rings. The van der Waals surface area contributed by atoms with Gasteiger partial charge in [-0.1, -0.05) is 18.2 Å². The Labute approximate surface area is 137 Å². The van der Waals surface area contributed by atoms with Crippen molar-refractivity contribution < 1.29 is 14.6 Å². The predicted octanol–water partition coefficient (Wildman–Crippen LogP) is 0.686. The summed E-state index contributed by atoms with van der Waals surface area (Å²) in [6, 6.07) is 9.43. The van der Waals surface area contributed by atoms with E-state index in [1.807, 2.05) is 37.3 Å². The van der Waals surface area contributed by atoms with Crippen LogP contribution in [0.15, 0.2) is 30.3 Å². The average molecular weight is 321 g/mol. The fourth-order valence-corrected chi connectivity index (χ4v) is 2.57. The fraction of sp³-hybridized carbons (Fsp3) is 0.588. The molecule has 6 heteroatoms. The summed E-state index contributed by atoms with van der Waals surface area (Å²) in [6.45, 7) is 6.27. The molecule has 2 atom stereocenters. The van der Waals surface area contributed by atoms with Gasteiger partial charge >= 0.3 is 0 Å². The number of aliphatic hydroxyl groups excluding tert-OH is 1. The number of carbonyl (C=O) groups is 1. The van der Waals surface area contributed by atoms with E-state index in [0.717, 1.165) is 32.0 Å². The standard InChI is InChI=1S/C17H27N3O3/c1-14(11-17(22)19-15-5-3-2-4-6-15)18-12-16(21)13-20-7-9-23-10-8-20/h2-6,14,16,18,21H,7-13H2,1H3,(H,19,22). The summed E-state index contributed by atoms with van der Waals surface area (Å²) in [6.07, 6.45) is -0.0631. The molecule has 0 radical (unpaired) electrons. The van der Waals surface area contributed by atoms with Gasteiger partial charge in [-0.05, 0) is 19.1 Å². The van der Waals surface area contributed by atoms with Crippen molar-refractivity contribution in [3.63, 3.8) is 0 Å². The lowest BCUT2D eigenvalue weighted by Gasteiger charge is -2.29. The number of rotatable bonds is 8. The number of nitrogens with zero attached hydrogens (tertiary/aromatic N) is 1. The number of aliphatic hydroxyl groups is 1. The molecule has 128 valence electrons. The van der Waals surface area contributed by atoms with Crippen LogP contribution in [-0.2, 0) is 9.53 Å². The second-order valence-electron chi connectivity index (χ2n) is 5.99. The van der Waals surface area contributed by atoms with Crippen molar-refractivity contribution in [2.45, 2.75) is 25.5 Å². The minimum Gasteiger partial charge on any atom is -0.390 e. The Balaban J connectivity index is 1.61. The van der Waals surface area contributed by atoms with E-state index in [0.29, 0.717) is 19.5 Å². The van der Waals surface area contributed by atoms with Gasteiger partial charge in [0.15, 0.2) is 0 Å². The molecule has 0 bridgehead atoms. The molecule has 2 rings (SSSR count). The van der Waals surface area contributed by atoms with E-state index in [-0.39, 0.29) is 11.9 Å². The Morgan fingerprint density at radius 3 is 2.70 bits per heavy atom. The first-order chi connectivity index (χ1) is 11.1. The Hall–Kier alpha value is -1.47. The van der Waals surface area contributed by atoms with Crippen molar-refractivity contribution >= 4 is 11.6 Å². The molecule has 1 aromatic carbocycles. The lowest BCUT2D eigenvalue weighted by molar-refractivity contribution is -0.116. The zero-order valence-electron chi connectivity index (χ0n) is 13.7. The molecule has 0 aliphatic carbocycles. The molecular weight excluding hydrogens is 294 g/mol. The highest BCUT2D eigenvalue weighted by Crippen LogP contribution is 2.06. The highest BCUT2D eigenvalue weighted by atomic mass is 16.5. The Kier molecular flexibility index (Phi) is 7.48. The van der Waals surface area contributed by atoms with E-state index in [1.165, 1.54) is 0 Å². The van der Waals surface area contributed by atoms with Gasteiger partial charge in [0.05, 0.1) is 19.3 Å².